The average Bonchev–Trinajstić information content (AvgIpc) is 2.33. The number of alkyl halides is 2. The standard InChI is InChI=1S/C11H16F2O5S/c1-6-7-2-3-8(9(6)4-7)5-18-10(14)11(12,13)19(15,16)17/h6-9H,2-5H2,1H3,(H,15,16,17). The molecule has 2 bridgehead atoms. The highest BCUT2D eigenvalue weighted by atomic mass is 32.2. The first-order chi connectivity index (χ1) is 8.64. The van der Waals surface area contributed by atoms with E-state index >= 15 is 0 Å². The van der Waals surface area contributed by atoms with Crippen molar-refractivity contribution in [1.82, 2.24) is 0 Å². The molecule has 3 aliphatic rings. The summed E-state index contributed by atoms with van der Waals surface area (Å²) in [6.45, 7) is 1.87. The fourth-order valence-electron chi connectivity index (χ4n) is 3.16. The van der Waals surface area contributed by atoms with E-state index in [4.69, 9.17) is 4.55 Å². The Balaban J connectivity index is 1.91. The van der Waals surface area contributed by atoms with E-state index in [1.807, 2.05) is 0 Å². The van der Waals surface area contributed by atoms with Gasteiger partial charge in [0.15, 0.2) is 0 Å². The van der Waals surface area contributed by atoms with Crippen LogP contribution in [0.4, 0.5) is 8.78 Å². The molecule has 110 valence electrons. The second-order valence-corrected chi connectivity index (χ2v) is 6.91. The minimum absolute atomic E-state index is 0.00106. The molecule has 0 aromatic rings. The Morgan fingerprint density at radius 3 is 2.53 bits per heavy atom. The van der Waals surface area contributed by atoms with Crippen molar-refractivity contribution in [2.75, 3.05) is 6.61 Å². The van der Waals surface area contributed by atoms with Gasteiger partial charge in [-0.1, -0.05) is 6.92 Å². The highest BCUT2D eigenvalue weighted by Crippen LogP contribution is 2.53. The van der Waals surface area contributed by atoms with Crippen molar-refractivity contribution < 1.29 is 31.3 Å². The van der Waals surface area contributed by atoms with Crippen molar-refractivity contribution in [2.45, 2.75) is 31.4 Å². The van der Waals surface area contributed by atoms with Crippen LogP contribution < -0.4 is 0 Å². The van der Waals surface area contributed by atoms with Crippen LogP contribution in [0.3, 0.4) is 0 Å². The van der Waals surface area contributed by atoms with Gasteiger partial charge >= 0.3 is 21.3 Å². The van der Waals surface area contributed by atoms with Crippen LogP contribution in [0.2, 0.25) is 0 Å². The van der Waals surface area contributed by atoms with Gasteiger partial charge in [0.1, 0.15) is 0 Å². The second kappa shape index (κ2) is 4.66. The zero-order valence-electron chi connectivity index (χ0n) is 10.4. The molecule has 5 nitrogen and oxygen atoms in total. The van der Waals surface area contributed by atoms with Crippen LogP contribution in [0.5, 0.6) is 0 Å². The Bertz CT molecular complexity index is 473. The van der Waals surface area contributed by atoms with Gasteiger partial charge in [-0.05, 0) is 42.9 Å². The zero-order chi connectivity index (χ0) is 14.4. The summed E-state index contributed by atoms with van der Waals surface area (Å²) in [5.41, 5.74) is 0. The largest absolute Gasteiger partial charge is 0.465 e. The molecule has 4 atom stereocenters. The summed E-state index contributed by atoms with van der Waals surface area (Å²) in [6.07, 6.45) is 2.79. The highest BCUT2D eigenvalue weighted by Gasteiger charge is 2.55. The molecule has 19 heavy (non-hydrogen) atoms. The van der Waals surface area contributed by atoms with Gasteiger partial charge in [-0.3, -0.25) is 4.55 Å². The summed E-state index contributed by atoms with van der Waals surface area (Å²) in [7, 11) is -5.78. The van der Waals surface area contributed by atoms with Crippen LogP contribution in [-0.4, -0.2) is 30.8 Å². The Morgan fingerprint density at radius 1 is 1.42 bits per heavy atom. The van der Waals surface area contributed by atoms with Crippen molar-refractivity contribution in [3.05, 3.63) is 0 Å². The summed E-state index contributed by atoms with van der Waals surface area (Å²) in [4.78, 5) is 11.0. The lowest BCUT2D eigenvalue weighted by Gasteiger charge is -2.52. The number of ether oxygens (including phenoxy) is 1. The minimum Gasteiger partial charge on any atom is -0.460 e. The van der Waals surface area contributed by atoms with Crippen molar-refractivity contribution in [2.24, 2.45) is 23.7 Å². The van der Waals surface area contributed by atoms with Gasteiger partial charge < -0.3 is 4.74 Å². The number of carbonyl (C=O) groups excluding carboxylic acids is 1. The van der Waals surface area contributed by atoms with Crippen molar-refractivity contribution in [3.63, 3.8) is 0 Å². The van der Waals surface area contributed by atoms with Crippen LogP contribution in [0.25, 0.3) is 0 Å². The van der Waals surface area contributed by atoms with E-state index in [2.05, 4.69) is 11.7 Å². The molecule has 0 heterocycles. The normalized spacial score (nSPS) is 34.5. The lowest BCUT2D eigenvalue weighted by Crippen LogP contribution is -2.47. The van der Waals surface area contributed by atoms with Gasteiger partial charge in [0, 0.05) is 0 Å². The Hall–Kier alpha value is -0.760. The maximum absolute atomic E-state index is 12.9. The van der Waals surface area contributed by atoms with Crippen molar-refractivity contribution in [3.8, 4) is 0 Å². The van der Waals surface area contributed by atoms with Gasteiger partial charge in [0.2, 0.25) is 0 Å². The van der Waals surface area contributed by atoms with E-state index in [-0.39, 0.29) is 12.5 Å². The summed E-state index contributed by atoms with van der Waals surface area (Å²) < 4.78 is 59.3. The molecule has 0 amide bonds. The zero-order valence-corrected chi connectivity index (χ0v) is 11.2. The van der Waals surface area contributed by atoms with Crippen LogP contribution in [0.1, 0.15) is 26.2 Å². The molecule has 0 aromatic heterocycles. The van der Waals surface area contributed by atoms with Crippen molar-refractivity contribution in [1.29, 1.82) is 0 Å². The second-order valence-electron chi connectivity index (χ2n) is 5.45. The van der Waals surface area contributed by atoms with Crippen LogP contribution in [-0.2, 0) is 19.6 Å². The Morgan fingerprint density at radius 2 is 2.05 bits per heavy atom. The van der Waals surface area contributed by atoms with E-state index in [9.17, 15) is 22.0 Å². The monoisotopic (exact) mass is 298 g/mol. The average molecular weight is 298 g/mol. The van der Waals surface area contributed by atoms with Gasteiger partial charge in [0.25, 0.3) is 0 Å². The third-order valence-corrected chi connectivity index (χ3v) is 5.31. The number of hydrogen-bond acceptors (Lipinski definition) is 4. The molecule has 4 unspecified atom stereocenters. The maximum atomic E-state index is 12.9. The first-order valence-corrected chi connectivity index (χ1v) is 7.60. The molecule has 3 rings (SSSR count). The lowest BCUT2D eigenvalue weighted by molar-refractivity contribution is -0.166. The highest BCUT2D eigenvalue weighted by molar-refractivity contribution is 7.87. The molecule has 8 heteroatoms. The van der Waals surface area contributed by atoms with Crippen LogP contribution in [0, 0.1) is 23.7 Å². The molecular weight excluding hydrogens is 282 g/mol. The molecule has 0 aromatic carbocycles. The molecule has 3 saturated carbocycles. The number of hydrogen-bond donors (Lipinski definition) is 1. The Kier molecular flexibility index (Phi) is 3.59. The fraction of sp³-hybridized carbons (Fsp3) is 0.909. The van der Waals surface area contributed by atoms with Gasteiger partial charge in [0.05, 0.1) is 6.61 Å². The summed E-state index contributed by atoms with van der Waals surface area (Å²) in [6, 6.07) is 0. The first kappa shape index (κ1) is 14.6. The van der Waals surface area contributed by atoms with E-state index in [1.54, 1.807) is 0 Å². The molecule has 0 saturated heterocycles. The smallest absolute Gasteiger partial charge is 0.460 e. The van der Waals surface area contributed by atoms with E-state index in [0.29, 0.717) is 17.8 Å². The van der Waals surface area contributed by atoms with Gasteiger partial charge in [-0.15, -0.1) is 0 Å². The fourth-order valence-corrected chi connectivity index (χ4v) is 3.43. The van der Waals surface area contributed by atoms with E-state index in [0.717, 1.165) is 19.3 Å². The summed E-state index contributed by atoms with van der Waals surface area (Å²) >= 11 is 0. The van der Waals surface area contributed by atoms with Gasteiger partial charge in [-0.2, -0.15) is 17.2 Å². The third kappa shape index (κ3) is 2.47. The van der Waals surface area contributed by atoms with Crippen LogP contribution >= 0.6 is 0 Å². The topological polar surface area (TPSA) is 80.7 Å². The molecular formula is C11H16F2O5S. The SMILES string of the molecule is CC1C2CCC(COC(=O)C(F)(F)S(=O)(=O)O)C1C2. The third-order valence-electron chi connectivity index (χ3n) is 4.50. The van der Waals surface area contributed by atoms with E-state index < -0.39 is 21.3 Å². The molecule has 3 aliphatic carbocycles. The summed E-state index contributed by atoms with van der Waals surface area (Å²) in [5.74, 6) is -0.674. The maximum Gasteiger partial charge on any atom is 0.465 e. The molecule has 0 radical (unpaired) electrons. The first-order valence-electron chi connectivity index (χ1n) is 6.16. The quantitative estimate of drug-likeness (QED) is 0.631. The molecule has 3 fully saturated rings. The minimum atomic E-state index is -5.78. The summed E-state index contributed by atoms with van der Waals surface area (Å²) in [5, 5.41) is -4.89. The number of esters is 1. The predicted molar refractivity (Wildman–Crippen MR) is 60.9 cm³/mol. The predicted octanol–water partition coefficient (Wildman–Crippen LogP) is 1.69. The number of fused-ring (bicyclic) bond motifs is 2. The van der Waals surface area contributed by atoms with Crippen LogP contribution in [0.15, 0.2) is 0 Å². The molecule has 0 spiro atoms. The van der Waals surface area contributed by atoms with Crippen molar-refractivity contribution >= 4 is 16.1 Å². The number of carbonyl (C=O) groups is 1. The number of halogens is 2. The van der Waals surface area contributed by atoms with Gasteiger partial charge in [-0.25, -0.2) is 4.79 Å². The Labute approximate surface area is 110 Å². The number of rotatable bonds is 4. The molecule has 1 N–H and O–H groups in total. The molecule has 0 aliphatic heterocycles. The van der Waals surface area contributed by atoms with E-state index in [1.165, 1.54) is 0 Å². The lowest BCUT2D eigenvalue weighted by atomic mass is 9.54.